The van der Waals surface area contributed by atoms with Gasteiger partial charge >= 0.3 is 0 Å². The van der Waals surface area contributed by atoms with Gasteiger partial charge < -0.3 is 10.6 Å². The maximum atomic E-state index is 5.73. The van der Waals surface area contributed by atoms with E-state index in [1.54, 1.807) is 6.20 Å². The van der Waals surface area contributed by atoms with E-state index in [1.165, 1.54) is 12.8 Å². The Bertz CT molecular complexity index is 382. The Morgan fingerprint density at radius 1 is 1.38 bits per heavy atom. The van der Waals surface area contributed by atoms with Gasteiger partial charge in [0.05, 0.1) is 6.20 Å². The van der Waals surface area contributed by atoms with Crippen LogP contribution in [0.25, 0.3) is 0 Å². The molecule has 1 aromatic heterocycles. The van der Waals surface area contributed by atoms with Crippen molar-refractivity contribution in [3.8, 4) is 0 Å². The molecule has 2 rings (SSSR count). The summed E-state index contributed by atoms with van der Waals surface area (Å²) in [5, 5.41) is 0. The molecular weight excluding hydrogens is 268 g/mol. The summed E-state index contributed by atoms with van der Waals surface area (Å²) in [6.45, 7) is 6.68. The van der Waals surface area contributed by atoms with Crippen LogP contribution in [0.15, 0.2) is 10.8 Å². The highest BCUT2D eigenvalue weighted by Crippen LogP contribution is 2.31. The van der Waals surface area contributed by atoms with Crippen molar-refractivity contribution in [2.24, 2.45) is 5.41 Å². The van der Waals surface area contributed by atoms with E-state index in [-0.39, 0.29) is 0 Å². The largest absolute Gasteiger partial charge is 0.381 e. The van der Waals surface area contributed by atoms with Gasteiger partial charge in [0.1, 0.15) is 10.4 Å². The van der Waals surface area contributed by atoms with Gasteiger partial charge in [0.15, 0.2) is 5.82 Å². The van der Waals surface area contributed by atoms with E-state index in [1.807, 2.05) is 0 Å². The van der Waals surface area contributed by atoms with Crippen LogP contribution in [0.2, 0.25) is 0 Å². The highest BCUT2D eigenvalue weighted by Gasteiger charge is 2.26. The second kappa shape index (κ2) is 4.20. The number of rotatable bonds is 1. The van der Waals surface area contributed by atoms with Crippen LogP contribution in [0.1, 0.15) is 26.7 Å². The zero-order chi connectivity index (χ0) is 11.8. The van der Waals surface area contributed by atoms with E-state index in [9.17, 15) is 0 Å². The number of aromatic nitrogens is 2. The van der Waals surface area contributed by atoms with Gasteiger partial charge in [-0.25, -0.2) is 9.97 Å². The summed E-state index contributed by atoms with van der Waals surface area (Å²) in [5.41, 5.74) is 6.18. The number of halogens is 1. The number of hydrogen-bond acceptors (Lipinski definition) is 4. The molecule has 1 aliphatic heterocycles. The molecule has 0 aromatic carbocycles. The van der Waals surface area contributed by atoms with E-state index in [0.717, 1.165) is 18.9 Å². The van der Waals surface area contributed by atoms with E-state index in [0.29, 0.717) is 15.8 Å². The van der Waals surface area contributed by atoms with Crippen LogP contribution in [0.4, 0.5) is 11.6 Å². The summed E-state index contributed by atoms with van der Waals surface area (Å²) in [6.07, 6.45) is 4.15. The molecule has 5 heteroatoms. The smallest absolute Gasteiger partial charge is 0.159 e. The Hall–Kier alpha value is -0.840. The lowest BCUT2D eigenvalue weighted by Gasteiger charge is -2.37. The van der Waals surface area contributed by atoms with E-state index >= 15 is 0 Å². The van der Waals surface area contributed by atoms with Crippen molar-refractivity contribution in [1.82, 2.24) is 9.97 Å². The minimum atomic E-state index is 0.449. The highest BCUT2D eigenvalue weighted by atomic mass is 79.9. The molecule has 0 bridgehead atoms. The summed E-state index contributed by atoms with van der Waals surface area (Å²) in [4.78, 5) is 10.8. The second-order valence-electron chi connectivity index (χ2n) is 5.06. The molecule has 0 aliphatic carbocycles. The SMILES string of the molecule is CC1(C)CCN(c2cnc(Br)c(N)n2)CC1. The number of nitrogen functional groups attached to an aromatic ring is 1. The Balaban J connectivity index is 2.11. The third-order valence-corrected chi connectivity index (χ3v) is 3.79. The van der Waals surface area contributed by atoms with Gasteiger partial charge in [0, 0.05) is 13.1 Å². The predicted octanol–water partition coefficient (Wildman–Crippen LogP) is 2.45. The summed E-state index contributed by atoms with van der Waals surface area (Å²) >= 11 is 3.25. The molecule has 2 heterocycles. The fourth-order valence-corrected chi connectivity index (χ4v) is 2.06. The maximum Gasteiger partial charge on any atom is 0.159 e. The first kappa shape index (κ1) is 11.6. The average molecular weight is 285 g/mol. The van der Waals surface area contributed by atoms with Gasteiger partial charge in [-0.15, -0.1) is 0 Å². The average Bonchev–Trinajstić information content (AvgIpc) is 2.22. The molecule has 1 fully saturated rings. The molecule has 16 heavy (non-hydrogen) atoms. The van der Waals surface area contributed by atoms with Crippen molar-refractivity contribution in [2.45, 2.75) is 26.7 Å². The molecule has 2 N–H and O–H groups in total. The van der Waals surface area contributed by atoms with Crippen LogP contribution in [-0.2, 0) is 0 Å². The molecule has 0 atom stereocenters. The van der Waals surface area contributed by atoms with Crippen LogP contribution < -0.4 is 10.6 Å². The van der Waals surface area contributed by atoms with Crippen LogP contribution in [0, 0.1) is 5.41 Å². The maximum absolute atomic E-state index is 5.73. The van der Waals surface area contributed by atoms with Crippen molar-refractivity contribution in [1.29, 1.82) is 0 Å². The number of hydrogen-bond donors (Lipinski definition) is 1. The van der Waals surface area contributed by atoms with Crippen molar-refractivity contribution >= 4 is 27.6 Å². The fraction of sp³-hybridized carbons (Fsp3) is 0.636. The first-order valence-corrected chi connectivity index (χ1v) is 6.30. The Morgan fingerprint density at radius 3 is 2.56 bits per heavy atom. The Morgan fingerprint density at radius 2 is 2.00 bits per heavy atom. The first-order chi connectivity index (χ1) is 7.48. The molecule has 4 nitrogen and oxygen atoms in total. The van der Waals surface area contributed by atoms with Crippen LogP contribution >= 0.6 is 15.9 Å². The van der Waals surface area contributed by atoms with Crippen molar-refractivity contribution in [3.63, 3.8) is 0 Å². The van der Waals surface area contributed by atoms with Crippen LogP contribution in [0.5, 0.6) is 0 Å². The summed E-state index contributed by atoms with van der Waals surface area (Å²) in [5.74, 6) is 1.35. The van der Waals surface area contributed by atoms with Gasteiger partial charge in [-0.3, -0.25) is 0 Å². The number of nitrogens with zero attached hydrogens (tertiary/aromatic N) is 3. The Labute approximate surface area is 104 Å². The molecule has 0 radical (unpaired) electrons. The molecule has 0 unspecified atom stereocenters. The van der Waals surface area contributed by atoms with Crippen molar-refractivity contribution in [3.05, 3.63) is 10.8 Å². The Kier molecular flexibility index (Phi) is 3.06. The standard InChI is InChI=1S/C11H17BrN4/c1-11(2)3-5-16(6-4-11)8-7-14-9(12)10(13)15-8/h7H,3-6H2,1-2H3,(H2,13,15). The topological polar surface area (TPSA) is 55.0 Å². The van der Waals surface area contributed by atoms with E-state index < -0.39 is 0 Å². The van der Waals surface area contributed by atoms with Crippen LogP contribution in [0.3, 0.4) is 0 Å². The molecule has 1 aliphatic rings. The second-order valence-corrected chi connectivity index (χ2v) is 5.81. The van der Waals surface area contributed by atoms with Crippen molar-refractivity contribution < 1.29 is 0 Å². The van der Waals surface area contributed by atoms with Gasteiger partial charge in [-0.05, 0) is 34.2 Å². The normalized spacial score (nSPS) is 19.8. The lowest BCUT2D eigenvalue weighted by atomic mass is 9.83. The molecule has 0 saturated carbocycles. The lowest BCUT2D eigenvalue weighted by Crippen LogP contribution is -2.37. The highest BCUT2D eigenvalue weighted by molar-refractivity contribution is 9.10. The molecule has 0 spiro atoms. The zero-order valence-corrected chi connectivity index (χ0v) is 11.3. The van der Waals surface area contributed by atoms with Gasteiger partial charge in [0.25, 0.3) is 0 Å². The molecular formula is C11H17BrN4. The number of nitrogens with two attached hydrogens (primary N) is 1. The predicted molar refractivity (Wildman–Crippen MR) is 69.4 cm³/mol. The van der Waals surface area contributed by atoms with Crippen LogP contribution in [-0.4, -0.2) is 23.1 Å². The van der Waals surface area contributed by atoms with Gasteiger partial charge in [-0.2, -0.15) is 0 Å². The van der Waals surface area contributed by atoms with Crippen molar-refractivity contribution in [2.75, 3.05) is 23.7 Å². The minimum Gasteiger partial charge on any atom is -0.381 e. The number of piperidine rings is 1. The number of anilines is 2. The zero-order valence-electron chi connectivity index (χ0n) is 9.70. The quantitative estimate of drug-likeness (QED) is 0.861. The minimum absolute atomic E-state index is 0.449. The van der Waals surface area contributed by atoms with Gasteiger partial charge in [0.2, 0.25) is 0 Å². The summed E-state index contributed by atoms with van der Waals surface area (Å²) < 4.78 is 0.619. The summed E-state index contributed by atoms with van der Waals surface area (Å²) in [6, 6.07) is 0. The monoisotopic (exact) mass is 284 g/mol. The third kappa shape index (κ3) is 2.45. The lowest BCUT2D eigenvalue weighted by molar-refractivity contribution is 0.279. The molecule has 1 aromatic rings. The first-order valence-electron chi connectivity index (χ1n) is 5.51. The van der Waals surface area contributed by atoms with Gasteiger partial charge in [-0.1, -0.05) is 13.8 Å². The molecule has 1 saturated heterocycles. The third-order valence-electron chi connectivity index (χ3n) is 3.18. The van der Waals surface area contributed by atoms with E-state index in [2.05, 4.69) is 44.6 Å². The summed E-state index contributed by atoms with van der Waals surface area (Å²) in [7, 11) is 0. The van der Waals surface area contributed by atoms with E-state index in [4.69, 9.17) is 5.73 Å². The molecule has 0 amide bonds. The fourth-order valence-electron chi connectivity index (χ4n) is 1.87. The molecule has 88 valence electrons.